The standard InChI is InChI=1S/C25H30N2O4/c1-16(2)27(25(23(28)29)13-17(3)26(4)15-25)24(30)31-14-22-20-11-7-5-9-18(20)19-10-6-8-12-21(19)22/h5-12,16-17,22H,13-15H2,1-4H3,(H,28,29). The van der Waals surface area contributed by atoms with Crippen molar-refractivity contribution in [2.24, 2.45) is 0 Å². The zero-order valence-electron chi connectivity index (χ0n) is 18.5. The lowest BCUT2D eigenvalue weighted by molar-refractivity contribution is -0.151. The quantitative estimate of drug-likeness (QED) is 0.782. The van der Waals surface area contributed by atoms with Crippen LogP contribution < -0.4 is 0 Å². The molecule has 0 saturated carbocycles. The first-order chi connectivity index (χ1) is 14.8. The molecule has 2 aromatic rings. The highest BCUT2D eigenvalue weighted by atomic mass is 16.6. The zero-order valence-corrected chi connectivity index (χ0v) is 18.5. The van der Waals surface area contributed by atoms with E-state index in [1.807, 2.05) is 57.0 Å². The molecule has 2 unspecified atom stereocenters. The van der Waals surface area contributed by atoms with E-state index in [2.05, 4.69) is 24.3 Å². The monoisotopic (exact) mass is 422 g/mol. The van der Waals surface area contributed by atoms with Gasteiger partial charge in [0.15, 0.2) is 5.54 Å². The number of carboxylic acids is 1. The number of carbonyl (C=O) groups excluding carboxylic acids is 1. The largest absolute Gasteiger partial charge is 0.479 e. The van der Waals surface area contributed by atoms with E-state index in [1.165, 1.54) is 4.90 Å². The summed E-state index contributed by atoms with van der Waals surface area (Å²) in [4.78, 5) is 29.1. The molecule has 31 heavy (non-hydrogen) atoms. The number of rotatable bonds is 5. The molecule has 1 aliphatic carbocycles. The van der Waals surface area contributed by atoms with Crippen molar-refractivity contribution >= 4 is 12.1 Å². The molecule has 2 aromatic carbocycles. The molecule has 6 heteroatoms. The van der Waals surface area contributed by atoms with Crippen molar-refractivity contribution in [2.75, 3.05) is 20.2 Å². The van der Waals surface area contributed by atoms with Gasteiger partial charge in [-0.05, 0) is 56.5 Å². The number of nitrogens with zero attached hydrogens (tertiary/aromatic N) is 2. The van der Waals surface area contributed by atoms with E-state index in [-0.39, 0.29) is 31.2 Å². The smallest absolute Gasteiger partial charge is 0.411 e. The zero-order chi connectivity index (χ0) is 22.3. The SMILES string of the molecule is CC1CC(C(=O)O)(N(C(=O)OCC2c3ccccc3-c3ccccc32)C(C)C)CN1C. The Labute approximate surface area is 183 Å². The van der Waals surface area contributed by atoms with Gasteiger partial charge in [0.25, 0.3) is 0 Å². The van der Waals surface area contributed by atoms with Crippen LogP contribution in [0, 0.1) is 0 Å². The molecule has 1 saturated heterocycles. The Bertz CT molecular complexity index is 947. The summed E-state index contributed by atoms with van der Waals surface area (Å²) in [7, 11) is 1.89. The number of hydrogen-bond acceptors (Lipinski definition) is 4. The van der Waals surface area contributed by atoms with Gasteiger partial charge >= 0.3 is 12.1 Å². The van der Waals surface area contributed by atoms with Crippen LogP contribution in [0.25, 0.3) is 11.1 Å². The number of amides is 1. The van der Waals surface area contributed by atoms with Crippen molar-refractivity contribution in [3.05, 3.63) is 59.7 Å². The predicted molar refractivity (Wildman–Crippen MR) is 119 cm³/mol. The number of hydrogen-bond donors (Lipinski definition) is 1. The molecular weight excluding hydrogens is 392 g/mol. The van der Waals surface area contributed by atoms with Crippen LogP contribution in [0.3, 0.4) is 0 Å². The minimum Gasteiger partial charge on any atom is -0.479 e. The molecule has 0 aromatic heterocycles. The van der Waals surface area contributed by atoms with E-state index in [4.69, 9.17) is 4.74 Å². The molecule has 0 bridgehead atoms. The van der Waals surface area contributed by atoms with E-state index in [9.17, 15) is 14.7 Å². The second-order valence-electron chi connectivity index (χ2n) is 9.07. The predicted octanol–water partition coefficient (Wildman–Crippen LogP) is 4.19. The van der Waals surface area contributed by atoms with Crippen LogP contribution in [0.4, 0.5) is 4.79 Å². The summed E-state index contributed by atoms with van der Waals surface area (Å²) in [5.41, 5.74) is 3.30. The third kappa shape index (κ3) is 3.49. The Kier molecular flexibility index (Phi) is 5.52. The third-order valence-corrected chi connectivity index (χ3v) is 6.80. The molecule has 2 aliphatic rings. The van der Waals surface area contributed by atoms with Crippen LogP contribution in [-0.4, -0.2) is 64.8 Å². The Morgan fingerprint density at radius 2 is 1.68 bits per heavy atom. The molecule has 164 valence electrons. The van der Waals surface area contributed by atoms with Gasteiger partial charge in [0.05, 0.1) is 0 Å². The Hall–Kier alpha value is -2.86. The van der Waals surface area contributed by atoms with Crippen LogP contribution in [0.5, 0.6) is 0 Å². The number of likely N-dealkylation sites (tertiary alicyclic amines) is 1. The first-order valence-electron chi connectivity index (χ1n) is 10.8. The molecule has 1 N–H and O–H groups in total. The van der Waals surface area contributed by atoms with Crippen molar-refractivity contribution in [3.63, 3.8) is 0 Å². The van der Waals surface area contributed by atoms with Crippen LogP contribution in [0.2, 0.25) is 0 Å². The highest BCUT2D eigenvalue weighted by Crippen LogP contribution is 2.44. The third-order valence-electron chi connectivity index (χ3n) is 6.80. The average molecular weight is 423 g/mol. The summed E-state index contributed by atoms with van der Waals surface area (Å²) in [6, 6.07) is 16.1. The number of likely N-dealkylation sites (N-methyl/N-ethyl adjacent to an activating group) is 1. The summed E-state index contributed by atoms with van der Waals surface area (Å²) >= 11 is 0. The number of benzene rings is 2. The van der Waals surface area contributed by atoms with E-state index in [0.29, 0.717) is 6.42 Å². The number of aliphatic carboxylic acids is 1. The normalized spacial score (nSPS) is 22.9. The van der Waals surface area contributed by atoms with Gasteiger partial charge < -0.3 is 14.7 Å². The highest BCUT2D eigenvalue weighted by molar-refractivity contribution is 5.86. The fourth-order valence-corrected chi connectivity index (χ4v) is 5.25. The molecule has 4 rings (SSSR count). The molecule has 1 fully saturated rings. The van der Waals surface area contributed by atoms with Crippen LogP contribution in [0.1, 0.15) is 44.2 Å². The molecule has 6 nitrogen and oxygen atoms in total. The fraction of sp³-hybridized carbons (Fsp3) is 0.440. The lowest BCUT2D eigenvalue weighted by Crippen LogP contribution is -2.61. The Morgan fingerprint density at radius 1 is 1.13 bits per heavy atom. The van der Waals surface area contributed by atoms with E-state index < -0.39 is 17.6 Å². The van der Waals surface area contributed by atoms with Gasteiger partial charge in [-0.1, -0.05) is 48.5 Å². The first kappa shape index (κ1) is 21.4. The molecule has 1 aliphatic heterocycles. The molecule has 0 radical (unpaired) electrons. The Morgan fingerprint density at radius 3 is 2.13 bits per heavy atom. The van der Waals surface area contributed by atoms with E-state index in [0.717, 1.165) is 22.3 Å². The average Bonchev–Trinajstić information content (AvgIpc) is 3.21. The Balaban J connectivity index is 1.59. The van der Waals surface area contributed by atoms with Crippen molar-refractivity contribution in [1.29, 1.82) is 0 Å². The van der Waals surface area contributed by atoms with Gasteiger partial charge in [-0.2, -0.15) is 0 Å². The van der Waals surface area contributed by atoms with Crippen molar-refractivity contribution < 1.29 is 19.4 Å². The highest BCUT2D eigenvalue weighted by Gasteiger charge is 2.54. The molecule has 1 heterocycles. The maximum Gasteiger partial charge on any atom is 0.411 e. The van der Waals surface area contributed by atoms with E-state index in [1.54, 1.807) is 0 Å². The molecular formula is C25H30N2O4. The minimum absolute atomic E-state index is 0.0590. The van der Waals surface area contributed by atoms with Crippen LogP contribution in [0.15, 0.2) is 48.5 Å². The van der Waals surface area contributed by atoms with Gasteiger partial charge in [-0.25, -0.2) is 9.59 Å². The summed E-state index contributed by atoms with van der Waals surface area (Å²) in [5.74, 6) is -1.04. The van der Waals surface area contributed by atoms with E-state index >= 15 is 0 Å². The molecule has 1 amide bonds. The summed E-state index contributed by atoms with van der Waals surface area (Å²) in [6.07, 6.45) is -0.192. The van der Waals surface area contributed by atoms with Gasteiger partial charge in [0.2, 0.25) is 0 Å². The molecule has 0 spiro atoms. The summed E-state index contributed by atoms with van der Waals surface area (Å²) in [6.45, 7) is 6.13. The maximum atomic E-state index is 13.3. The van der Waals surface area contributed by atoms with Crippen molar-refractivity contribution in [1.82, 2.24) is 9.80 Å². The van der Waals surface area contributed by atoms with Crippen LogP contribution in [-0.2, 0) is 9.53 Å². The summed E-state index contributed by atoms with van der Waals surface area (Å²) in [5, 5.41) is 10.1. The minimum atomic E-state index is -1.29. The van der Waals surface area contributed by atoms with Crippen LogP contribution >= 0.6 is 0 Å². The van der Waals surface area contributed by atoms with Gasteiger partial charge in [0, 0.05) is 24.5 Å². The topological polar surface area (TPSA) is 70.1 Å². The summed E-state index contributed by atoms with van der Waals surface area (Å²) < 4.78 is 5.83. The van der Waals surface area contributed by atoms with Gasteiger partial charge in [-0.15, -0.1) is 0 Å². The van der Waals surface area contributed by atoms with Crippen molar-refractivity contribution in [2.45, 2.75) is 50.7 Å². The first-order valence-corrected chi connectivity index (χ1v) is 10.8. The second-order valence-corrected chi connectivity index (χ2v) is 9.07. The molecule has 2 atom stereocenters. The number of fused-ring (bicyclic) bond motifs is 3. The number of ether oxygens (including phenoxy) is 1. The lowest BCUT2D eigenvalue weighted by atomic mass is 9.93. The fourth-order valence-electron chi connectivity index (χ4n) is 5.25. The van der Waals surface area contributed by atoms with Gasteiger partial charge in [-0.3, -0.25) is 4.90 Å². The maximum absolute atomic E-state index is 13.3. The van der Waals surface area contributed by atoms with Crippen molar-refractivity contribution in [3.8, 4) is 11.1 Å². The lowest BCUT2D eigenvalue weighted by Gasteiger charge is -2.39. The number of carbonyl (C=O) groups is 2. The second kappa shape index (κ2) is 8.00. The van der Waals surface area contributed by atoms with Gasteiger partial charge in [0.1, 0.15) is 6.61 Å². The number of carboxylic acid groups (broad SMARTS) is 1.